The van der Waals surface area contributed by atoms with Gasteiger partial charge in [-0.05, 0) is 36.4 Å². The van der Waals surface area contributed by atoms with Crippen LogP contribution in [0, 0.1) is 0 Å². The summed E-state index contributed by atoms with van der Waals surface area (Å²) < 4.78 is 10.8. The van der Waals surface area contributed by atoms with Gasteiger partial charge in [0.2, 0.25) is 5.91 Å². The third kappa shape index (κ3) is 6.94. The normalized spacial score (nSPS) is 16.0. The molecular formula is C30H36N6O4. The minimum absolute atomic E-state index is 0.0367. The van der Waals surface area contributed by atoms with Gasteiger partial charge in [-0.1, -0.05) is 30.3 Å². The Kier molecular flexibility index (Phi) is 9.20. The first-order valence-electron chi connectivity index (χ1n) is 13.8. The maximum atomic E-state index is 13.3. The summed E-state index contributed by atoms with van der Waals surface area (Å²) in [6, 6.07) is 20.8. The van der Waals surface area contributed by atoms with Crippen molar-refractivity contribution in [3.8, 4) is 17.0 Å². The number of methoxy groups -OCH3 is 1. The number of piperazine rings is 1. The Labute approximate surface area is 235 Å². The van der Waals surface area contributed by atoms with E-state index in [2.05, 4.69) is 20.0 Å². The number of nitrogens with zero attached hydrogens (tertiary/aromatic N) is 6. The highest BCUT2D eigenvalue weighted by Gasteiger charge is 2.26. The smallest absolute Gasteiger partial charge is 0.254 e. The topological polar surface area (TPSA) is 91.3 Å². The van der Waals surface area contributed by atoms with Crippen molar-refractivity contribution < 1.29 is 19.1 Å². The number of rotatable bonds is 9. The molecule has 3 aromatic rings. The Balaban J connectivity index is 1.17. The van der Waals surface area contributed by atoms with E-state index in [0.717, 1.165) is 35.9 Å². The molecule has 10 heteroatoms. The molecule has 5 rings (SSSR count). The molecule has 0 bridgehead atoms. The zero-order chi connectivity index (χ0) is 27.7. The van der Waals surface area contributed by atoms with E-state index in [9.17, 15) is 9.59 Å². The van der Waals surface area contributed by atoms with E-state index in [4.69, 9.17) is 9.47 Å². The molecule has 0 aliphatic carbocycles. The molecular weight excluding hydrogens is 508 g/mol. The van der Waals surface area contributed by atoms with Crippen molar-refractivity contribution in [1.29, 1.82) is 0 Å². The van der Waals surface area contributed by atoms with Gasteiger partial charge in [0.05, 0.1) is 26.0 Å². The number of carbonyl (C=O) groups excluding carboxylic acids is 2. The monoisotopic (exact) mass is 544 g/mol. The summed E-state index contributed by atoms with van der Waals surface area (Å²) in [5.74, 6) is 1.40. The van der Waals surface area contributed by atoms with Gasteiger partial charge in [0, 0.05) is 63.5 Å². The van der Waals surface area contributed by atoms with Crippen LogP contribution in [0.2, 0.25) is 0 Å². The highest BCUT2D eigenvalue weighted by atomic mass is 16.5. The fraction of sp³-hybridized carbons (Fsp3) is 0.400. The minimum atomic E-state index is -0.118. The molecule has 0 unspecified atom stereocenters. The number of morpholine rings is 1. The third-order valence-electron chi connectivity index (χ3n) is 7.40. The molecule has 2 aromatic carbocycles. The number of hydrogen-bond acceptors (Lipinski definition) is 8. The van der Waals surface area contributed by atoms with E-state index >= 15 is 0 Å². The fourth-order valence-electron chi connectivity index (χ4n) is 4.98. The lowest BCUT2D eigenvalue weighted by Crippen LogP contribution is -2.53. The first kappa shape index (κ1) is 27.5. The Morgan fingerprint density at radius 1 is 0.900 bits per heavy atom. The second kappa shape index (κ2) is 13.4. The van der Waals surface area contributed by atoms with E-state index in [1.807, 2.05) is 59.5 Å². The van der Waals surface area contributed by atoms with Crippen LogP contribution in [0.15, 0.2) is 66.7 Å². The van der Waals surface area contributed by atoms with Gasteiger partial charge in [0.15, 0.2) is 5.82 Å². The van der Waals surface area contributed by atoms with E-state index in [-0.39, 0.29) is 18.4 Å². The number of benzene rings is 2. The highest BCUT2D eigenvalue weighted by Crippen LogP contribution is 2.23. The number of ether oxygens (including phenoxy) is 2. The van der Waals surface area contributed by atoms with E-state index in [0.29, 0.717) is 58.0 Å². The summed E-state index contributed by atoms with van der Waals surface area (Å²) in [6.07, 6.45) is 0. The fourth-order valence-corrected chi connectivity index (χ4v) is 4.98. The standard InChI is InChI=1S/C30H36N6O4/c1-39-26-9-5-8-25(22-26)27-10-11-28(32-31-27)34-14-16-35(17-15-34)29(37)23-36(13-12-33-18-20-40-21-19-33)30(38)24-6-3-2-4-7-24/h2-11,22H,12-21,23H2,1H3. The van der Waals surface area contributed by atoms with Crippen LogP contribution in [0.4, 0.5) is 5.82 Å². The van der Waals surface area contributed by atoms with E-state index in [1.165, 1.54) is 0 Å². The molecule has 2 aliphatic heterocycles. The molecule has 2 fully saturated rings. The lowest BCUT2D eigenvalue weighted by Gasteiger charge is -2.36. The average molecular weight is 545 g/mol. The van der Waals surface area contributed by atoms with E-state index < -0.39 is 0 Å². The van der Waals surface area contributed by atoms with Crippen LogP contribution in [0.1, 0.15) is 10.4 Å². The third-order valence-corrected chi connectivity index (χ3v) is 7.40. The van der Waals surface area contributed by atoms with Crippen molar-refractivity contribution in [3.63, 3.8) is 0 Å². The molecule has 2 aliphatic rings. The minimum Gasteiger partial charge on any atom is -0.497 e. The summed E-state index contributed by atoms with van der Waals surface area (Å²) >= 11 is 0. The molecule has 2 amide bonds. The zero-order valence-corrected chi connectivity index (χ0v) is 22.9. The van der Waals surface area contributed by atoms with Crippen molar-refractivity contribution in [3.05, 3.63) is 72.3 Å². The van der Waals surface area contributed by atoms with Gasteiger partial charge >= 0.3 is 0 Å². The molecule has 0 N–H and O–H groups in total. The molecule has 0 saturated carbocycles. The number of anilines is 1. The van der Waals surface area contributed by atoms with Gasteiger partial charge in [-0.15, -0.1) is 10.2 Å². The summed E-state index contributed by atoms with van der Waals surface area (Å²) in [6.45, 7) is 6.78. The second-order valence-electron chi connectivity index (χ2n) is 9.92. The zero-order valence-electron chi connectivity index (χ0n) is 22.9. The molecule has 210 valence electrons. The molecule has 0 atom stereocenters. The van der Waals surface area contributed by atoms with E-state index in [1.54, 1.807) is 24.1 Å². The maximum absolute atomic E-state index is 13.3. The summed E-state index contributed by atoms with van der Waals surface area (Å²) in [7, 11) is 1.64. The number of aromatic nitrogens is 2. The van der Waals surface area contributed by atoms with Gasteiger partial charge in [0.25, 0.3) is 5.91 Å². The summed E-state index contributed by atoms with van der Waals surface area (Å²) in [5, 5.41) is 8.86. The molecule has 2 saturated heterocycles. The Morgan fingerprint density at radius 2 is 1.68 bits per heavy atom. The Morgan fingerprint density at radius 3 is 2.38 bits per heavy atom. The van der Waals surface area contributed by atoms with Gasteiger partial charge in [0.1, 0.15) is 12.3 Å². The Hall–Kier alpha value is -4.02. The van der Waals surface area contributed by atoms with Crippen LogP contribution in [-0.4, -0.2) is 116 Å². The van der Waals surface area contributed by atoms with Crippen molar-refractivity contribution in [2.24, 2.45) is 0 Å². The van der Waals surface area contributed by atoms with Gasteiger partial charge in [-0.25, -0.2) is 0 Å². The molecule has 1 aromatic heterocycles. The molecule has 0 spiro atoms. The first-order valence-corrected chi connectivity index (χ1v) is 13.8. The van der Waals surface area contributed by atoms with Crippen molar-refractivity contribution in [2.75, 3.05) is 84.1 Å². The molecule has 0 radical (unpaired) electrons. The van der Waals surface area contributed by atoms with Crippen LogP contribution in [-0.2, 0) is 9.53 Å². The second-order valence-corrected chi connectivity index (χ2v) is 9.92. The lowest BCUT2D eigenvalue weighted by molar-refractivity contribution is -0.132. The quantitative estimate of drug-likeness (QED) is 0.405. The summed E-state index contributed by atoms with van der Waals surface area (Å²) in [5.41, 5.74) is 2.31. The van der Waals surface area contributed by atoms with Crippen molar-refractivity contribution >= 4 is 17.6 Å². The lowest BCUT2D eigenvalue weighted by atomic mass is 10.1. The van der Waals surface area contributed by atoms with Crippen LogP contribution >= 0.6 is 0 Å². The van der Waals surface area contributed by atoms with Crippen LogP contribution in [0.5, 0.6) is 5.75 Å². The van der Waals surface area contributed by atoms with Crippen molar-refractivity contribution in [1.82, 2.24) is 24.9 Å². The number of hydrogen-bond donors (Lipinski definition) is 0. The molecule has 40 heavy (non-hydrogen) atoms. The average Bonchev–Trinajstić information content (AvgIpc) is 3.03. The highest BCUT2D eigenvalue weighted by molar-refractivity contribution is 5.96. The van der Waals surface area contributed by atoms with Gasteiger partial charge in [-0.2, -0.15) is 0 Å². The SMILES string of the molecule is COc1cccc(-c2ccc(N3CCN(C(=O)CN(CCN4CCOCC4)C(=O)c4ccccc4)CC3)nn2)c1. The van der Waals surface area contributed by atoms with Gasteiger partial charge in [-0.3, -0.25) is 14.5 Å². The largest absolute Gasteiger partial charge is 0.497 e. The molecule has 3 heterocycles. The van der Waals surface area contributed by atoms with Gasteiger partial charge < -0.3 is 24.2 Å². The van der Waals surface area contributed by atoms with Crippen LogP contribution in [0.25, 0.3) is 11.3 Å². The van der Waals surface area contributed by atoms with Crippen molar-refractivity contribution in [2.45, 2.75) is 0 Å². The number of carbonyl (C=O) groups is 2. The summed E-state index contributed by atoms with van der Waals surface area (Å²) in [4.78, 5) is 34.6. The first-order chi connectivity index (χ1) is 19.6. The molecule has 10 nitrogen and oxygen atoms in total. The van der Waals surface area contributed by atoms with Crippen LogP contribution in [0.3, 0.4) is 0 Å². The maximum Gasteiger partial charge on any atom is 0.254 e. The predicted molar refractivity (Wildman–Crippen MR) is 152 cm³/mol. The van der Waals surface area contributed by atoms with Crippen LogP contribution < -0.4 is 9.64 Å². The number of amides is 2. The Bertz CT molecular complexity index is 1260. The predicted octanol–water partition coefficient (Wildman–Crippen LogP) is 2.28.